The predicted octanol–water partition coefficient (Wildman–Crippen LogP) is 3.14. The molecular weight excluding hydrogens is 306 g/mol. The molecule has 1 atom stereocenters. The number of nitrogens with two attached hydrogens (primary N) is 1. The quantitative estimate of drug-likeness (QED) is 0.575. The number of aromatic nitrogens is 1. The fourth-order valence-electron chi connectivity index (χ4n) is 2.15. The summed E-state index contributed by atoms with van der Waals surface area (Å²) in [5.41, 5.74) is 5.81. The lowest BCUT2D eigenvalue weighted by Gasteiger charge is -2.15. The third-order valence-electron chi connectivity index (χ3n) is 3.08. The van der Waals surface area contributed by atoms with Crippen molar-refractivity contribution in [3.8, 4) is 0 Å². The van der Waals surface area contributed by atoms with E-state index in [-0.39, 0.29) is 6.04 Å². The van der Waals surface area contributed by atoms with Crippen LogP contribution >= 0.6 is 15.9 Å². The first-order valence-corrected chi connectivity index (χ1v) is 6.62. The Hall–Kier alpha value is -1.69. The van der Waals surface area contributed by atoms with E-state index >= 15 is 0 Å². The van der Waals surface area contributed by atoms with Crippen LogP contribution in [0.4, 0.5) is 0 Å². The van der Waals surface area contributed by atoms with E-state index in [2.05, 4.69) is 32.4 Å². The van der Waals surface area contributed by atoms with Crippen LogP contribution in [0.2, 0.25) is 0 Å². The summed E-state index contributed by atoms with van der Waals surface area (Å²) in [6.45, 7) is 0. The van der Waals surface area contributed by atoms with Gasteiger partial charge in [-0.05, 0) is 45.8 Å². The van der Waals surface area contributed by atoms with Gasteiger partial charge in [-0.25, -0.2) is 5.43 Å². The number of furan rings is 1. The number of fused-ring (bicyclic) bond motifs is 1. The molecule has 2 heterocycles. The van der Waals surface area contributed by atoms with Gasteiger partial charge in [-0.2, -0.15) is 0 Å². The topological polar surface area (TPSA) is 64.1 Å². The average molecular weight is 318 g/mol. The molecule has 1 aromatic carbocycles. The highest BCUT2D eigenvalue weighted by Gasteiger charge is 2.17. The minimum absolute atomic E-state index is 0.127. The fraction of sp³-hybridized carbons (Fsp3) is 0.0714. The Kier molecular flexibility index (Phi) is 3.33. The van der Waals surface area contributed by atoms with Crippen molar-refractivity contribution >= 4 is 26.8 Å². The molecule has 0 fully saturated rings. The molecule has 5 heteroatoms. The molecular formula is C14H12BrN3O. The third kappa shape index (κ3) is 2.28. The summed E-state index contributed by atoms with van der Waals surface area (Å²) >= 11 is 3.38. The Labute approximate surface area is 118 Å². The lowest BCUT2D eigenvalue weighted by molar-refractivity contribution is 0.527. The first-order valence-electron chi connectivity index (χ1n) is 5.83. The molecule has 0 aliphatic heterocycles. The fourth-order valence-corrected chi connectivity index (χ4v) is 2.62. The number of hydrazine groups is 1. The molecule has 0 aliphatic rings. The molecule has 3 N–H and O–H groups in total. The van der Waals surface area contributed by atoms with Crippen molar-refractivity contribution in [2.24, 2.45) is 5.84 Å². The van der Waals surface area contributed by atoms with Crippen molar-refractivity contribution in [2.45, 2.75) is 6.04 Å². The van der Waals surface area contributed by atoms with Crippen LogP contribution in [-0.2, 0) is 0 Å². The zero-order chi connectivity index (χ0) is 13.2. The number of rotatable bonds is 3. The number of halogens is 1. The highest BCUT2D eigenvalue weighted by molar-refractivity contribution is 9.10. The minimum Gasteiger partial charge on any atom is -0.457 e. The van der Waals surface area contributed by atoms with E-state index in [4.69, 9.17) is 10.3 Å². The van der Waals surface area contributed by atoms with Crippen LogP contribution in [0.1, 0.15) is 17.2 Å². The number of pyridine rings is 1. The van der Waals surface area contributed by atoms with E-state index in [9.17, 15) is 0 Å². The largest absolute Gasteiger partial charge is 0.457 e. The Morgan fingerprint density at radius 1 is 1.26 bits per heavy atom. The van der Waals surface area contributed by atoms with Crippen molar-refractivity contribution < 1.29 is 4.42 Å². The Balaban J connectivity index is 2.09. The van der Waals surface area contributed by atoms with Gasteiger partial charge in [0.1, 0.15) is 0 Å². The SMILES string of the molecule is NNC(c1ccc2ncccc2c1)c1ccoc1Br. The number of nitrogens with zero attached hydrogens (tertiary/aromatic N) is 1. The monoisotopic (exact) mass is 317 g/mol. The maximum atomic E-state index is 5.68. The number of hydrogen-bond acceptors (Lipinski definition) is 4. The minimum atomic E-state index is -0.127. The maximum absolute atomic E-state index is 5.68. The third-order valence-corrected chi connectivity index (χ3v) is 3.73. The van der Waals surface area contributed by atoms with Gasteiger partial charge in [0.05, 0.1) is 17.8 Å². The molecule has 0 spiro atoms. The van der Waals surface area contributed by atoms with Gasteiger partial charge in [-0.1, -0.05) is 12.1 Å². The molecule has 0 bridgehead atoms. The molecule has 0 aliphatic carbocycles. The Morgan fingerprint density at radius 3 is 2.89 bits per heavy atom. The first kappa shape index (κ1) is 12.3. The van der Waals surface area contributed by atoms with E-state index in [1.165, 1.54) is 0 Å². The molecule has 0 saturated heterocycles. The zero-order valence-electron chi connectivity index (χ0n) is 10.0. The van der Waals surface area contributed by atoms with Gasteiger partial charge in [0.15, 0.2) is 4.67 Å². The van der Waals surface area contributed by atoms with Crippen molar-refractivity contribution in [1.82, 2.24) is 10.4 Å². The van der Waals surface area contributed by atoms with Crippen LogP contribution in [0.3, 0.4) is 0 Å². The molecule has 96 valence electrons. The van der Waals surface area contributed by atoms with Crippen LogP contribution in [-0.4, -0.2) is 4.98 Å². The molecule has 0 amide bonds. The molecule has 0 saturated carbocycles. The van der Waals surface area contributed by atoms with Gasteiger partial charge >= 0.3 is 0 Å². The van der Waals surface area contributed by atoms with E-state index < -0.39 is 0 Å². The van der Waals surface area contributed by atoms with Gasteiger partial charge < -0.3 is 4.42 Å². The summed E-state index contributed by atoms with van der Waals surface area (Å²) < 4.78 is 5.95. The summed E-state index contributed by atoms with van der Waals surface area (Å²) in [6, 6.07) is 11.8. The summed E-state index contributed by atoms with van der Waals surface area (Å²) in [5.74, 6) is 5.68. The van der Waals surface area contributed by atoms with Gasteiger partial charge in [0.25, 0.3) is 0 Å². The van der Waals surface area contributed by atoms with E-state index in [1.54, 1.807) is 12.5 Å². The molecule has 3 rings (SSSR count). The standard InChI is InChI=1S/C14H12BrN3O/c15-14-11(5-7-19-14)13(18-16)10-3-4-12-9(8-10)2-1-6-17-12/h1-8,13,18H,16H2. The van der Waals surface area contributed by atoms with Crippen LogP contribution < -0.4 is 11.3 Å². The van der Waals surface area contributed by atoms with E-state index in [0.29, 0.717) is 4.67 Å². The van der Waals surface area contributed by atoms with Gasteiger partial charge in [-0.3, -0.25) is 10.8 Å². The van der Waals surface area contributed by atoms with Gasteiger partial charge in [-0.15, -0.1) is 0 Å². The zero-order valence-corrected chi connectivity index (χ0v) is 11.6. The molecule has 2 aromatic heterocycles. The van der Waals surface area contributed by atoms with Crippen molar-refractivity contribution in [3.63, 3.8) is 0 Å². The number of benzene rings is 1. The normalized spacial score (nSPS) is 12.7. The number of hydrogen-bond donors (Lipinski definition) is 2. The van der Waals surface area contributed by atoms with Crippen LogP contribution in [0.15, 0.2) is 57.9 Å². The second-order valence-electron chi connectivity index (χ2n) is 4.20. The smallest absolute Gasteiger partial charge is 0.174 e. The summed E-state index contributed by atoms with van der Waals surface area (Å²) in [7, 11) is 0. The van der Waals surface area contributed by atoms with Crippen LogP contribution in [0, 0.1) is 0 Å². The van der Waals surface area contributed by atoms with E-state index in [0.717, 1.165) is 22.0 Å². The second kappa shape index (κ2) is 5.13. The molecule has 0 radical (unpaired) electrons. The summed E-state index contributed by atoms with van der Waals surface area (Å²) in [4.78, 5) is 4.31. The van der Waals surface area contributed by atoms with Crippen molar-refractivity contribution in [2.75, 3.05) is 0 Å². The molecule has 19 heavy (non-hydrogen) atoms. The van der Waals surface area contributed by atoms with Crippen LogP contribution in [0.5, 0.6) is 0 Å². The first-order chi connectivity index (χ1) is 9.29. The Morgan fingerprint density at radius 2 is 2.16 bits per heavy atom. The molecule has 3 aromatic rings. The van der Waals surface area contributed by atoms with Gasteiger partial charge in [0.2, 0.25) is 0 Å². The highest BCUT2D eigenvalue weighted by atomic mass is 79.9. The predicted molar refractivity (Wildman–Crippen MR) is 77.3 cm³/mol. The second-order valence-corrected chi connectivity index (χ2v) is 4.93. The summed E-state index contributed by atoms with van der Waals surface area (Å²) in [5, 5.41) is 1.08. The molecule has 1 unspecified atom stereocenters. The van der Waals surface area contributed by atoms with Crippen molar-refractivity contribution in [1.29, 1.82) is 0 Å². The highest BCUT2D eigenvalue weighted by Crippen LogP contribution is 2.30. The molecule has 4 nitrogen and oxygen atoms in total. The maximum Gasteiger partial charge on any atom is 0.174 e. The number of nitrogens with one attached hydrogen (secondary N) is 1. The lowest BCUT2D eigenvalue weighted by Crippen LogP contribution is -2.28. The lowest BCUT2D eigenvalue weighted by atomic mass is 10.00. The summed E-state index contributed by atoms with van der Waals surface area (Å²) in [6.07, 6.45) is 3.42. The average Bonchev–Trinajstić information content (AvgIpc) is 2.86. The Bertz CT molecular complexity index is 710. The van der Waals surface area contributed by atoms with E-state index in [1.807, 2.05) is 30.3 Å². The van der Waals surface area contributed by atoms with Gasteiger partial charge in [0, 0.05) is 17.1 Å². The van der Waals surface area contributed by atoms with Crippen molar-refractivity contribution in [3.05, 3.63) is 64.7 Å². The van der Waals surface area contributed by atoms with Crippen LogP contribution in [0.25, 0.3) is 10.9 Å².